The molecule has 1 amide bonds. The first-order valence-corrected chi connectivity index (χ1v) is 14.6. The maximum atomic E-state index is 14.1. The van der Waals surface area contributed by atoms with E-state index in [0.29, 0.717) is 23.3 Å². The van der Waals surface area contributed by atoms with E-state index in [4.69, 9.17) is 15.2 Å². The molecule has 2 aromatic heterocycles. The van der Waals surface area contributed by atoms with Crippen LogP contribution in [-0.2, 0) is 30.8 Å². The average molecular weight is 560 g/mol. The number of amides is 1. The minimum absolute atomic E-state index is 0.0855. The number of esters is 1. The molecule has 13 heteroatoms. The summed E-state index contributed by atoms with van der Waals surface area (Å²) in [4.78, 5) is 38.1. The van der Waals surface area contributed by atoms with E-state index in [1.165, 1.54) is 20.2 Å². The number of carbonyl (C=O) groups excluding carboxylic acids is 2. The van der Waals surface area contributed by atoms with Crippen LogP contribution in [0.25, 0.3) is 11.2 Å². The van der Waals surface area contributed by atoms with Crippen LogP contribution in [0.4, 0.5) is 5.82 Å². The average Bonchev–Trinajstić information content (AvgIpc) is 3.26. The summed E-state index contributed by atoms with van der Waals surface area (Å²) >= 11 is 0. The van der Waals surface area contributed by atoms with E-state index in [9.17, 15) is 14.2 Å². The molecule has 0 bridgehead atoms. The number of imidazole rings is 1. The Morgan fingerprint density at radius 2 is 1.77 bits per heavy atom. The third kappa shape index (κ3) is 7.62. The highest BCUT2D eigenvalue weighted by molar-refractivity contribution is 7.60. The van der Waals surface area contributed by atoms with E-state index in [2.05, 4.69) is 45.9 Å². The Bertz CT molecular complexity index is 1370. The molecule has 2 heterocycles. The van der Waals surface area contributed by atoms with Crippen LogP contribution >= 0.6 is 7.44 Å². The van der Waals surface area contributed by atoms with Crippen LogP contribution in [0, 0.1) is 0 Å². The molecule has 0 spiro atoms. The minimum atomic E-state index is -3.83. The molecule has 3 rings (SSSR count). The molecule has 0 aliphatic rings. The van der Waals surface area contributed by atoms with E-state index < -0.39 is 31.0 Å². The summed E-state index contributed by atoms with van der Waals surface area (Å²) in [7, 11) is -3.83. The summed E-state index contributed by atoms with van der Waals surface area (Å²) in [5.74, 6) is -0.903. The van der Waals surface area contributed by atoms with Crippen molar-refractivity contribution in [2.75, 3.05) is 18.7 Å². The first-order valence-electron chi connectivity index (χ1n) is 12.7. The van der Waals surface area contributed by atoms with Crippen molar-refractivity contribution >= 4 is 36.3 Å². The molecule has 0 saturated carbocycles. The molecule has 4 N–H and O–H groups in total. The van der Waals surface area contributed by atoms with Crippen molar-refractivity contribution in [2.24, 2.45) is 0 Å². The van der Waals surface area contributed by atoms with Gasteiger partial charge in [0.15, 0.2) is 11.5 Å². The molecular formula is C26H38N7O5P. The third-order valence-electron chi connectivity index (χ3n) is 5.97. The number of nitrogens with one attached hydrogen (secondary N) is 2. The van der Waals surface area contributed by atoms with Gasteiger partial charge in [-0.3, -0.25) is 19.2 Å². The molecule has 3 aromatic rings. The Hall–Kier alpha value is -3.34. The highest BCUT2D eigenvalue weighted by atomic mass is 31.2. The lowest BCUT2D eigenvalue weighted by Crippen LogP contribution is -2.49. The molecule has 0 saturated heterocycles. The number of anilines is 1. The molecule has 1 aromatic carbocycles. The lowest BCUT2D eigenvalue weighted by atomic mass is 9.87. The van der Waals surface area contributed by atoms with E-state index >= 15 is 0 Å². The van der Waals surface area contributed by atoms with Gasteiger partial charge in [-0.25, -0.2) is 20.0 Å². The lowest BCUT2D eigenvalue weighted by Gasteiger charge is -2.31. The second kappa shape index (κ2) is 11.8. The van der Waals surface area contributed by atoms with Crippen LogP contribution in [-0.4, -0.2) is 56.0 Å². The van der Waals surface area contributed by atoms with Gasteiger partial charge in [-0.2, -0.15) is 0 Å². The topological polar surface area (TPSA) is 163 Å². The number of nitrogen functional groups attached to an aromatic ring is 1. The van der Waals surface area contributed by atoms with Gasteiger partial charge in [0.2, 0.25) is 0 Å². The minimum Gasteiger partial charge on any atom is -0.465 e. The Morgan fingerprint density at radius 3 is 2.38 bits per heavy atom. The van der Waals surface area contributed by atoms with Crippen molar-refractivity contribution in [3.63, 3.8) is 0 Å². The van der Waals surface area contributed by atoms with Crippen LogP contribution in [0.5, 0.6) is 0 Å². The number of fused-ring (bicyclic) bond motifs is 1. The van der Waals surface area contributed by atoms with Gasteiger partial charge in [0.05, 0.1) is 25.6 Å². The molecule has 0 fully saturated rings. The maximum Gasteiger partial charge on any atom is 0.326 e. The predicted molar refractivity (Wildman–Crippen MR) is 149 cm³/mol. The number of nitrogens with zero attached hydrogens (tertiary/aromatic N) is 4. The van der Waals surface area contributed by atoms with Crippen molar-refractivity contribution in [1.29, 1.82) is 0 Å². The Labute approximate surface area is 228 Å². The number of hydrogen-bond acceptors (Lipinski definition) is 9. The number of aromatic nitrogens is 4. The number of nitrogens with two attached hydrogens (primary N) is 1. The van der Waals surface area contributed by atoms with Gasteiger partial charge < -0.3 is 19.8 Å². The van der Waals surface area contributed by atoms with Crippen LogP contribution in [0.1, 0.15) is 64.4 Å². The maximum absolute atomic E-state index is 14.1. The van der Waals surface area contributed by atoms with E-state index in [-0.39, 0.29) is 24.2 Å². The van der Waals surface area contributed by atoms with Gasteiger partial charge >= 0.3 is 5.97 Å². The second-order valence-corrected chi connectivity index (χ2v) is 13.1. The summed E-state index contributed by atoms with van der Waals surface area (Å²) in [5, 5.41) is 5.40. The molecule has 12 nitrogen and oxygen atoms in total. The van der Waals surface area contributed by atoms with Crippen molar-refractivity contribution in [1.82, 2.24) is 29.7 Å². The largest absolute Gasteiger partial charge is 0.465 e. The lowest BCUT2D eigenvalue weighted by molar-refractivity contribution is -0.148. The van der Waals surface area contributed by atoms with Crippen molar-refractivity contribution in [2.45, 2.75) is 72.1 Å². The van der Waals surface area contributed by atoms with Gasteiger partial charge in [0.1, 0.15) is 23.7 Å². The fourth-order valence-electron chi connectivity index (χ4n) is 3.85. The summed E-state index contributed by atoms with van der Waals surface area (Å²) in [6.45, 7) is 13.2. The van der Waals surface area contributed by atoms with Crippen LogP contribution in [0.15, 0.2) is 36.9 Å². The highest BCUT2D eigenvalue weighted by Crippen LogP contribution is 2.40. The van der Waals surface area contributed by atoms with Gasteiger partial charge in [-0.05, 0) is 50.8 Å². The Morgan fingerprint density at radius 1 is 1.10 bits per heavy atom. The summed E-state index contributed by atoms with van der Waals surface area (Å²) < 4.78 is 26.9. The number of carbonyl (C=O) groups is 2. The SMILES string of the molecule is CCOC(=O)C(C)(C)NP(=O)(COC(C)Cn1cnc2c(N)ncnc21)NC(=O)c1ccc(C(C)(C)C)cc1. The Balaban J connectivity index is 1.78. The highest BCUT2D eigenvalue weighted by Gasteiger charge is 2.39. The smallest absolute Gasteiger partial charge is 0.326 e. The molecule has 39 heavy (non-hydrogen) atoms. The zero-order chi connectivity index (χ0) is 29.0. The molecule has 2 atom stereocenters. The second-order valence-electron chi connectivity index (χ2n) is 10.9. The van der Waals surface area contributed by atoms with Crippen molar-refractivity contribution < 1.29 is 23.6 Å². The number of ether oxygens (including phenoxy) is 2. The quantitative estimate of drug-likeness (QED) is 0.233. The van der Waals surface area contributed by atoms with Gasteiger partial charge in [-0.1, -0.05) is 32.9 Å². The standard InChI is InChI=1S/C26H38N7O5P/c1-8-37-24(35)26(6,7)32-39(36,31-23(34)18-9-11-19(12-10-18)25(3,4)5)16-38-17(2)13-33-15-30-20-21(27)28-14-29-22(20)33/h9-12,14-15,17H,8,13,16H2,1-7H3,(H2,27,28,29)(H2,31,32,34,36). The fraction of sp³-hybridized carbons (Fsp3) is 0.500. The molecule has 212 valence electrons. The Kier molecular flexibility index (Phi) is 9.15. The molecule has 0 aliphatic heterocycles. The first kappa shape index (κ1) is 30.2. The van der Waals surface area contributed by atoms with Gasteiger partial charge in [-0.15, -0.1) is 0 Å². The van der Waals surface area contributed by atoms with Gasteiger partial charge in [0, 0.05) is 5.56 Å². The molecule has 0 aliphatic carbocycles. The molecule has 2 unspecified atom stereocenters. The first-order chi connectivity index (χ1) is 18.1. The van der Waals surface area contributed by atoms with E-state index in [0.717, 1.165) is 5.56 Å². The zero-order valence-corrected chi connectivity index (χ0v) is 24.4. The number of rotatable bonds is 11. The summed E-state index contributed by atoms with van der Waals surface area (Å²) in [5.41, 5.74) is 6.80. The van der Waals surface area contributed by atoms with Gasteiger partial charge in [0.25, 0.3) is 13.4 Å². The fourth-order valence-corrected chi connectivity index (χ4v) is 5.95. The zero-order valence-electron chi connectivity index (χ0n) is 23.5. The predicted octanol–water partition coefficient (Wildman–Crippen LogP) is 3.62. The number of benzene rings is 1. The molecule has 0 radical (unpaired) electrons. The summed E-state index contributed by atoms with van der Waals surface area (Å²) in [6, 6.07) is 7.08. The third-order valence-corrected chi connectivity index (χ3v) is 7.96. The van der Waals surface area contributed by atoms with Crippen molar-refractivity contribution in [3.8, 4) is 0 Å². The van der Waals surface area contributed by atoms with E-state index in [1.54, 1.807) is 36.9 Å². The van der Waals surface area contributed by atoms with Crippen LogP contribution in [0.3, 0.4) is 0 Å². The van der Waals surface area contributed by atoms with Crippen molar-refractivity contribution in [3.05, 3.63) is 48.0 Å². The van der Waals surface area contributed by atoms with E-state index in [1.807, 2.05) is 12.1 Å². The monoisotopic (exact) mass is 559 g/mol. The van der Waals surface area contributed by atoms with Crippen LogP contribution in [0.2, 0.25) is 0 Å². The number of hydrogen-bond donors (Lipinski definition) is 3. The molecular weight excluding hydrogens is 521 g/mol. The normalized spacial score (nSPS) is 14.5. The summed E-state index contributed by atoms with van der Waals surface area (Å²) in [6.07, 6.45) is 2.07. The van der Waals surface area contributed by atoms with Crippen LogP contribution < -0.4 is 15.9 Å².